The van der Waals surface area contributed by atoms with E-state index < -0.39 is 0 Å². The summed E-state index contributed by atoms with van der Waals surface area (Å²) in [4.78, 5) is 17.3. The van der Waals surface area contributed by atoms with Crippen LogP contribution in [0.2, 0.25) is 0 Å². The molecule has 2 saturated heterocycles. The Morgan fingerprint density at radius 2 is 1.68 bits per heavy atom. The van der Waals surface area contributed by atoms with Crippen LogP contribution in [0.15, 0.2) is 18.2 Å². The van der Waals surface area contributed by atoms with Gasteiger partial charge >= 0.3 is 6.03 Å². The summed E-state index contributed by atoms with van der Waals surface area (Å²) in [5.74, 6) is 0. The van der Waals surface area contributed by atoms with E-state index in [-0.39, 0.29) is 12.1 Å². The van der Waals surface area contributed by atoms with Crippen molar-refractivity contribution in [1.29, 1.82) is 0 Å². The van der Waals surface area contributed by atoms with Crippen LogP contribution < -0.4 is 10.6 Å². The second-order valence-electron chi connectivity index (χ2n) is 7.74. The first-order chi connectivity index (χ1) is 12.0. The molecule has 0 saturated carbocycles. The number of likely N-dealkylation sites (tertiary alicyclic amines) is 2. The predicted molar refractivity (Wildman–Crippen MR) is 103 cm³/mol. The largest absolute Gasteiger partial charge is 0.335 e. The third kappa shape index (κ3) is 4.95. The molecule has 1 aromatic carbocycles. The minimum Gasteiger partial charge on any atom is -0.335 e. The molecule has 0 atom stereocenters. The van der Waals surface area contributed by atoms with Gasteiger partial charge in [0.15, 0.2) is 0 Å². The Hall–Kier alpha value is -1.59. The second-order valence-corrected chi connectivity index (χ2v) is 7.74. The number of carbonyl (C=O) groups is 1. The zero-order chi connectivity index (χ0) is 17.8. The molecule has 25 heavy (non-hydrogen) atoms. The number of hydrogen-bond acceptors (Lipinski definition) is 3. The Balaban J connectivity index is 1.42. The first-order valence-corrected chi connectivity index (χ1v) is 9.58. The smallest absolute Gasteiger partial charge is 0.319 e. The van der Waals surface area contributed by atoms with Gasteiger partial charge in [-0.3, -0.25) is 0 Å². The average molecular weight is 345 g/mol. The molecule has 0 bridgehead atoms. The number of anilines is 1. The molecule has 0 radical (unpaired) electrons. The highest BCUT2D eigenvalue weighted by atomic mass is 16.2. The van der Waals surface area contributed by atoms with Crippen molar-refractivity contribution in [3.63, 3.8) is 0 Å². The summed E-state index contributed by atoms with van der Waals surface area (Å²) in [6, 6.07) is 6.98. The van der Waals surface area contributed by atoms with Gasteiger partial charge in [0.1, 0.15) is 0 Å². The maximum Gasteiger partial charge on any atom is 0.319 e. The molecule has 3 rings (SSSR count). The van der Waals surface area contributed by atoms with Gasteiger partial charge in [-0.2, -0.15) is 0 Å². The lowest BCUT2D eigenvalue weighted by atomic mass is 9.98. The van der Waals surface area contributed by atoms with Crippen molar-refractivity contribution in [2.75, 3.05) is 38.5 Å². The number of hydrogen-bond donors (Lipinski definition) is 2. The van der Waals surface area contributed by atoms with E-state index in [1.165, 1.54) is 37.1 Å². The highest BCUT2D eigenvalue weighted by molar-refractivity contribution is 5.89. The molecule has 1 aromatic rings. The lowest BCUT2D eigenvalue weighted by molar-refractivity contribution is 0.0938. The Morgan fingerprint density at radius 3 is 2.32 bits per heavy atom. The van der Waals surface area contributed by atoms with Gasteiger partial charge in [-0.15, -0.1) is 0 Å². The zero-order valence-corrected chi connectivity index (χ0v) is 15.8. The van der Waals surface area contributed by atoms with Gasteiger partial charge in [0, 0.05) is 30.9 Å². The van der Waals surface area contributed by atoms with Crippen LogP contribution in [-0.4, -0.2) is 61.1 Å². The van der Waals surface area contributed by atoms with E-state index in [1.807, 2.05) is 18.2 Å². The van der Waals surface area contributed by atoms with Gasteiger partial charge in [0.25, 0.3) is 0 Å². The molecule has 0 spiro atoms. The first kappa shape index (κ1) is 18.2. The van der Waals surface area contributed by atoms with E-state index in [0.717, 1.165) is 37.7 Å². The van der Waals surface area contributed by atoms with Crippen molar-refractivity contribution in [3.05, 3.63) is 29.3 Å². The third-order valence-electron chi connectivity index (χ3n) is 5.83. The van der Waals surface area contributed by atoms with Gasteiger partial charge in [-0.1, -0.05) is 6.07 Å². The standard InChI is InChI=1S/C20H32N4O/c1-15-4-5-18(14-16(15)2)22-20(25)21-17-6-12-24(13-7-17)19-8-10-23(3)11-9-19/h4-5,14,17,19H,6-13H2,1-3H3,(H2,21,22,25). The Labute approximate surface area is 151 Å². The molecule has 2 amide bonds. The van der Waals surface area contributed by atoms with Crippen molar-refractivity contribution in [3.8, 4) is 0 Å². The predicted octanol–water partition coefficient (Wildman–Crippen LogP) is 2.98. The van der Waals surface area contributed by atoms with Crippen LogP contribution in [0.1, 0.15) is 36.8 Å². The molecule has 0 unspecified atom stereocenters. The lowest BCUT2D eigenvalue weighted by Crippen LogP contribution is -2.51. The van der Waals surface area contributed by atoms with Crippen molar-refractivity contribution in [2.45, 2.75) is 51.6 Å². The quantitative estimate of drug-likeness (QED) is 0.886. The van der Waals surface area contributed by atoms with E-state index in [1.54, 1.807) is 0 Å². The fourth-order valence-electron chi connectivity index (χ4n) is 3.94. The molecule has 2 aliphatic heterocycles. The lowest BCUT2D eigenvalue weighted by Gasteiger charge is -2.41. The molecule has 2 aliphatic rings. The van der Waals surface area contributed by atoms with Gasteiger partial charge in [0.05, 0.1) is 0 Å². The summed E-state index contributed by atoms with van der Waals surface area (Å²) in [7, 11) is 2.21. The molecule has 138 valence electrons. The van der Waals surface area contributed by atoms with Gasteiger partial charge in [-0.05, 0) is 82.9 Å². The van der Waals surface area contributed by atoms with Crippen LogP contribution in [-0.2, 0) is 0 Å². The summed E-state index contributed by atoms with van der Waals surface area (Å²) in [6.45, 7) is 8.77. The Bertz CT molecular complexity index is 587. The number of aryl methyl sites for hydroxylation is 2. The molecule has 5 heteroatoms. The normalized spacial score (nSPS) is 21.2. The van der Waals surface area contributed by atoms with Crippen LogP contribution in [0.4, 0.5) is 10.5 Å². The number of piperidine rings is 2. The maximum atomic E-state index is 12.3. The molecule has 2 heterocycles. The Morgan fingerprint density at radius 1 is 1.00 bits per heavy atom. The van der Waals surface area contributed by atoms with Crippen molar-refractivity contribution in [2.24, 2.45) is 0 Å². The fourth-order valence-corrected chi connectivity index (χ4v) is 3.94. The van der Waals surface area contributed by atoms with Crippen LogP contribution in [0.25, 0.3) is 0 Å². The van der Waals surface area contributed by atoms with Crippen molar-refractivity contribution >= 4 is 11.7 Å². The molecule has 0 aliphatic carbocycles. The van der Waals surface area contributed by atoms with Crippen molar-refractivity contribution in [1.82, 2.24) is 15.1 Å². The van der Waals surface area contributed by atoms with Gasteiger partial charge in [-0.25, -0.2) is 4.79 Å². The second kappa shape index (κ2) is 8.19. The maximum absolute atomic E-state index is 12.3. The summed E-state index contributed by atoms with van der Waals surface area (Å²) in [6.07, 6.45) is 4.66. The highest BCUT2D eigenvalue weighted by Gasteiger charge is 2.27. The molecule has 2 N–H and O–H groups in total. The topological polar surface area (TPSA) is 47.6 Å². The zero-order valence-electron chi connectivity index (χ0n) is 15.8. The number of amides is 2. The third-order valence-corrected chi connectivity index (χ3v) is 5.83. The molecule has 5 nitrogen and oxygen atoms in total. The fraction of sp³-hybridized carbons (Fsp3) is 0.650. The Kier molecular flexibility index (Phi) is 5.97. The summed E-state index contributed by atoms with van der Waals surface area (Å²) in [5, 5.41) is 6.11. The van der Waals surface area contributed by atoms with E-state index >= 15 is 0 Å². The monoisotopic (exact) mass is 344 g/mol. The first-order valence-electron chi connectivity index (χ1n) is 9.58. The molecule has 0 aromatic heterocycles. The number of rotatable bonds is 3. The minimum atomic E-state index is -0.0824. The highest BCUT2D eigenvalue weighted by Crippen LogP contribution is 2.21. The number of carbonyl (C=O) groups excluding carboxylic acids is 1. The van der Waals surface area contributed by atoms with E-state index in [2.05, 4.69) is 41.3 Å². The number of nitrogens with one attached hydrogen (secondary N) is 2. The summed E-state index contributed by atoms with van der Waals surface area (Å²) >= 11 is 0. The number of benzene rings is 1. The summed E-state index contributed by atoms with van der Waals surface area (Å²) in [5.41, 5.74) is 3.31. The van der Waals surface area contributed by atoms with E-state index in [0.29, 0.717) is 0 Å². The minimum absolute atomic E-state index is 0.0824. The van der Waals surface area contributed by atoms with Crippen molar-refractivity contribution < 1.29 is 4.79 Å². The van der Waals surface area contributed by atoms with Crippen LogP contribution in [0.3, 0.4) is 0 Å². The number of nitrogens with zero attached hydrogens (tertiary/aromatic N) is 2. The van der Waals surface area contributed by atoms with Gasteiger partial charge < -0.3 is 20.4 Å². The summed E-state index contributed by atoms with van der Waals surface area (Å²) < 4.78 is 0. The molecule has 2 fully saturated rings. The molecular weight excluding hydrogens is 312 g/mol. The van der Waals surface area contributed by atoms with Crippen LogP contribution in [0.5, 0.6) is 0 Å². The van der Waals surface area contributed by atoms with Crippen LogP contribution >= 0.6 is 0 Å². The van der Waals surface area contributed by atoms with Crippen LogP contribution in [0, 0.1) is 13.8 Å². The van der Waals surface area contributed by atoms with E-state index in [4.69, 9.17) is 0 Å². The van der Waals surface area contributed by atoms with E-state index in [9.17, 15) is 4.79 Å². The number of urea groups is 1. The SMILES string of the molecule is Cc1ccc(NC(=O)NC2CCN(C3CCN(C)CC3)CC2)cc1C. The average Bonchev–Trinajstić information content (AvgIpc) is 2.60. The molecular formula is C20H32N4O. The van der Waals surface area contributed by atoms with Gasteiger partial charge in [0.2, 0.25) is 0 Å².